The van der Waals surface area contributed by atoms with Crippen LogP contribution in [0.2, 0.25) is 0 Å². The van der Waals surface area contributed by atoms with E-state index in [4.69, 9.17) is 11.6 Å². The predicted molar refractivity (Wildman–Crippen MR) is 61.3 cm³/mol. The third-order valence-corrected chi connectivity index (χ3v) is 3.63. The molecule has 4 heteroatoms. The molecule has 1 aromatic heterocycles. The van der Waals surface area contributed by atoms with Crippen molar-refractivity contribution in [2.75, 3.05) is 0 Å². The number of hydrogen-bond acceptors (Lipinski definition) is 2. The first-order valence-corrected chi connectivity index (χ1v) is 6.17. The molecule has 0 bridgehead atoms. The zero-order valence-corrected chi connectivity index (χ0v) is 10.1. The minimum atomic E-state index is 0.237. The van der Waals surface area contributed by atoms with Gasteiger partial charge in [-0.15, -0.1) is 11.6 Å². The molecule has 2 rings (SSSR count). The van der Waals surface area contributed by atoms with Crippen LogP contribution in [0, 0.1) is 0 Å². The molecule has 2 unspecified atom stereocenters. The quantitative estimate of drug-likeness (QED) is 0.727. The van der Waals surface area contributed by atoms with Crippen LogP contribution in [0.3, 0.4) is 0 Å². The summed E-state index contributed by atoms with van der Waals surface area (Å²) in [6, 6.07) is 0.369. The van der Waals surface area contributed by atoms with E-state index >= 15 is 0 Å². The highest BCUT2D eigenvalue weighted by Gasteiger charge is 2.28. The normalized spacial score (nSPS) is 27.2. The van der Waals surface area contributed by atoms with Crippen LogP contribution in [0.15, 0.2) is 6.33 Å². The molecule has 2 atom stereocenters. The Hall–Kier alpha value is -0.570. The third kappa shape index (κ3) is 2.17. The first-order valence-electron chi connectivity index (χ1n) is 5.73. The Morgan fingerprint density at radius 2 is 2.13 bits per heavy atom. The van der Waals surface area contributed by atoms with E-state index in [-0.39, 0.29) is 5.38 Å². The number of rotatable bonds is 2. The molecule has 0 radical (unpaired) electrons. The zero-order chi connectivity index (χ0) is 10.8. The van der Waals surface area contributed by atoms with E-state index < -0.39 is 0 Å². The van der Waals surface area contributed by atoms with Gasteiger partial charge in [-0.3, -0.25) is 0 Å². The van der Waals surface area contributed by atoms with Crippen LogP contribution in [0.4, 0.5) is 0 Å². The van der Waals surface area contributed by atoms with Gasteiger partial charge in [-0.1, -0.05) is 12.8 Å². The zero-order valence-electron chi connectivity index (χ0n) is 9.36. The standard InChI is InChI=1S/C11H18ClN3/c1-8(2)15-11(13-7-14-15)9-5-3-4-6-10(9)12/h7-10H,3-6H2,1-2H3. The average molecular weight is 228 g/mol. The van der Waals surface area contributed by atoms with Crippen molar-refractivity contribution in [3.05, 3.63) is 12.2 Å². The van der Waals surface area contributed by atoms with Crippen molar-refractivity contribution in [1.29, 1.82) is 0 Å². The first kappa shape index (κ1) is 10.9. The second kappa shape index (κ2) is 4.52. The Labute approximate surface area is 95.8 Å². The van der Waals surface area contributed by atoms with Crippen molar-refractivity contribution in [3.63, 3.8) is 0 Å². The van der Waals surface area contributed by atoms with E-state index in [2.05, 4.69) is 23.9 Å². The van der Waals surface area contributed by atoms with E-state index in [1.165, 1.54) is 12.8 Å². The van der Waals surface area contributed by atoms with E-state index in [9.17, 15) is 0 Å². The van der Waals surface area contributed by atoms with Crippen LogP contribution in [0.5, 0.6) is 0 Å². The highest BCUT2D eigenvalue weighted by Crippen LogP contribution is 2.35. The second-order valence-corrected chi connectivity index (χ2v) is 5.12. The summed E-state index contributed by atoms with van der Waals surface area (Å²) in [5.41, 5.74) is 0. The molecule has 0 saturated heterocycles. The van der Waals surface area contributed by atoms with Crippen molar-refractivity contribution in [3.8, 4) is 0 Å². The molecule has 0 aromatic carbocycles. The summed E-state index contributed by atoms with van der Waals surface area (Å²) < 4.78 is 2.01. The van der Waals surface area contributed by atoms with Gasteiger partial charge in [-0.25, -0.2) is 9.67 Å². The van der Waals surface area contributed by atoms with Gasteiger partial charge in [-0.2, -0.15) is 5.10 Å². The molecule has 15 heavy (non-hydrogen) atoms. The second-order valence-electron chi connectivity index (χ2n) is 4.56. The van der Waals surface area contributed by atoms with E-state index in [1.807, 2.05) is 4.68 Å². The summed E-state index contributed by atoms with van der Waals surface area (Å²) in [7, 11) is 0. The number of alkyl halides is 1. The molecular weight excluding hydrogens is 210 g/mol. The minimum Gasteiger partial charge on any atom is -0.247 e. The Morgan fingerprint density at radius 1 is 1.40 bits per heavy atom. The molecule has 1 aromatic rings. The number of hydrogen-bond donors (Lipinski definition) is 0. The highest BCUT2D eigenvalue weighted by atomic mass is 35.5. The van der Waals surface area contributed by atoms with Crippen LogP contribution in [-0.2, 0) is 0 Å². The summed E-state index contributed by atoms with van der Waals surface area (Å²) in [6.45, 7) is 4.26. The molecule has 0 amide bonds. The molecule has 3 nitrogen and oxygen atoms in total. The fourth-order valence-corrected chi connectivity index (χ4v) is 2.69. The highest BCUT2D eigenvalue weighted by molar-refractivity contribution is 6.21. The van der Waals surface area contributed by atoms with Crippen molar-refractivity contribution in [1.82, 2.24) is 14.8 Å². The SMILES string of the molecule is CC(C)n1ncnc1C1CCCCC1Cl. The van der Waals surface area contributed by atoms with Gasteiger partial charge in [0.05, 0.1) is 0 Å². The van der Waals surface area contributed by atoms with Crippen molar-refractivity contribution in [2.24, 2.45) is 0 Å². The molecule has 1 fully saturated rings. The molecule has 0 spiro atoms. The Morgan fingerprint density at radius 3 is 2.80 bits per heavy atom. The lowest BCUT2D eigenvalue weighted by atomic mass is 9.88. The van der Waals surface area contributed by atoms with Gasteiger partial charge in [0.1, 0.15) is 12.2 Å². The van der Waals surface area contributed by atoms with Gasteiger partial charge in [0.15, 0.2) is 0 Å². The van der Waals surface area contributed by atoms with Gasteiger partial charge < -0.3 is 0 Å². The molecule has 84 valence electrons. The van der Waals surface area contributed by atoms with Crippen molar-refractivity contribution >= 4 is 11.6 Å². The molecule has 0 N–H and O–H groups in total. The third-order valence-electron chi connectivity index (χ3n) is 3.10. The number of halogens is 1. The molecule has 1 aliphatic rings. The fourth-order valence-electron chi connectivity index (χ4n) is 2.30. The summed E-state index contributed by atoms with van der Waals surface area (Å²) in [5.74, 6) is 1.47. The van der Waals surface area contributed by atoms with E-state index in [0.717, 1.165) is 18.7 Å². The van der Waals surface area contributed by atoms with Gasteiger partial charge in [0.25, 0.3) is 0 Å². The lowest BCUT2D eigenvalue weighted by Gasteiger charge is -2.27. The van der Waals surface area contributed by atoms with Crippen molar-refractivity contribution in [2.45, 2.75) is 56.9 Å². The summed E-state index contributed by atoms with van der Waals surface area (Å²) in [5, 5.41) is 4.51. The Kier molecular flexibility index (Phi) is 3.29. The number of aromatic nitrogens is 3. The average Bonchev–Trinajstić information content (AvgIpc) is 2.67. The molecule has 1 aliphatic carbocycles. The monoisotopic (exact) mass is 227 g/mol. The fraction of sp³-hybridized carbons (Fsp3) is 0.818. The van der Waals surface area contributed by atoms with Gasteiger partial charge in [-0.05, 0) is 26.7 Å². The Bertz CT molecular complexity index is 321. The van der Waals surface area contributed by atoms with Gasteiger partial charge in [0, 0.05) is 17.3 Å². The van der Waals surface area contributed by atoms with Gasteiger partial charge >= 0.3 is 0 Å². The molecule has 1 saturated carbocycles. The molecular formula is C11H18ClN3. The largest absolute Gasteiger partial charge is 0.247 e. The number of nitrogens with zero attached hydrogens (tertiary/aromatic N) is 3. The summed E-state index contributed by atoms with van der Waals surface area (Å²) in [4.78, 5) is 4.38. The summed E-state index contributed by atoms with van der Waals surface area (Å²) in [6.07, 6.45) is 6.42. The maximum Gasteiger partial charge on any atom is 0.138 e. The lowest BCUT2D eigenvalue weighted by Crippen LogP contribution is -2.22. The predicted octanol–water partition coefficient (Wildman–Crippen LogP) is 3.12. The van der Waals surface area contributed by atoms with Crippen LogP contribution < -0.4 is 0 Å². The van der Waals surface area contributed by atoms with Crippen LogP contribution in [0.25, 0.3) is 0 Å². The van der Waals surface area contributed by atoms with Crippen LogP contribution in [0.1, 0.15) is 57.3 Å². The maximum absolute atomic E-state index is 6.37. The van der Waals surface area contributed by atoms with Crippen LogP contribution in [-0.4, -0.2) is 20.1 Å². The van der Waals surface area contributed by atoms with Crippen molar-refractivity contribution < 1.29 is 0 Å². The van der Waals surface area contributed by atoms with Crippen LogP contribution >= 0.6 is 11.6 Å². The smallest absolute Gasteiger partial charge is 0.138 e. The first-order chi connectivity index (χ1) is 7.20. The van der Waals surface area contributed by atoms with Gasteiger partial charge in [0.2, 0.25) is 0 Å². The minimum absolute atomic E-state index is 0.237. The van der Waals surface area contributed by atoms with E-state index in [0.29, 0.717) is 12.0 Å². The maximum atomic E-state index is 6.37. The summed E-state index contributed by atoms with van der Waals surface area (Å²) >= 11 is 6.37. The topological polar surface area (TPSA) is 30.7 Å². The molecule has 1 heterocycles. The Balaban J connectivity index is 2.23. The molecule has 0 aliphatic heterocycles. The lowest BCUT2D eigenvalue weighted by molar-refractivity contribution is 0.399. The van der Waals surface area contributed by atoms with E-state index in [1.54, 1.807) is 6.33 Å².